The molecule has 0 amide bonds. The van der Waals surface area contributed by atoms with Gasteiger partial charge in [0.15, 0.2) is 0 Å². The Balaban J connectivity index is 1.85. The lowest BCUT2D eigenvalue weighted by atomic mass is 10.2. The minimum Gasteiger partial charge on any atom is -0.495 e. The molecule has 0 unspecified atom stereocenters. The predicted octanol–water partition coefficient (Wildman–Crippen LogP) is 3.49. The summed E-state index contributed by atoms with van der Waals surface area (Å²) in [6, 6.07) is 11.2. The molecular weight excluding hydrogens is 300 g/mol. The Bertz CT molecular complexity index is 822. The average Bonchev–Trinajstić information content (AvgIpc) is 2.53. The number of nitrogen functional groups attached to an aromatic ring is 1. The summed E-state index contributed by atoms with van der Waals surface area (Å²) < 4.78 is 5.15. The Hall–Kier alpha value is -2.53. The van der Waals surface area contributed by atoms with Crippen molar-refractivity contribution in [2.24, 2.45) is 0 Å². The van der Waals surface area contributed by atoms with Crippen LogP contribution in [-0.2, 0) is 6.54 Å². The molecule has 3 rings (SSSR count). The van der Waals surface area contributed by atoms with Gasteiger partial charge in [-0.3, -0.25) is 0 Å². The van der Waals surface area contributed by atoms with Gasteiger partial charge < -0.3 is 15.8 Å². The molecule has 0 fully saturated rings. The van der Waals surface area contributed by atoms with Gasteiger partial charge in [-0.2, -0.15) is 0 Å². The number of benzene rings is 2. The predicted molar refractivity (Wildman–Crippen MR) is 89.3 cm³/mol. The van der Waals surface area contributed by atoms with Crippen molar-refractivity contribution in [1.82, 2.24) is 9.97 Å². The number of hydrogen-bond donors (Lipinski definition) is 2. The van der Waals surface area contributed by atoms with Gasteiger partial charge in [0.25, 0.3) is 0 Å². The quantitative estimate of drug-likeness (QED) is 0.721. The third-order valence-corrected chi connectivity index (χ3v) is 3.59. The summed E-state index contributed by atoms with van der Waals surface area (Å²) in [6.45, 7) is 0.590. The number of fused-ring (bicyclic) bond motifs is 1. The van der Waals surface area contributed by atoms with Crippen LogP contribution in [0.2, 0.25) is 5.02 Å². The van der Waals surface area contributed by atoms with Crippen LogP contribution in [0, 0.1) is 0 Å². The summed E-state index contributed by atoms with van der Waals surface area (Å²) in [5, 5.41) is 4.83. The van der Waals surface area contributed by atoms with E-state index in [0.29, 0.717) is 23.0 Å². The monoisotopic (exact) mass is 314 g/mol. The molecule has 1 heterocycles. The highest BCUT2D eigenvalue weighted by Crippen LogP contribution is 2.25. The molecule has 112 valence electrons. The maximum atomic E-state index is 6.05. The van der Waals surface area contributed by atoms with E-state index in [4.69, 9.17) is 22.1 Å². The third kappa shape index (κ3) is 2.89. The van der Waals surface area contributed by atoms with E-state index in [2.05, 4.69) is 15.3 Å². The summed E-state index contributed by atoms with van der Waals surface area (Å²) in [5.41, 5.74) is 8.40. The molecule has 3 N–H and O–H groups in total. The molecule has 0 saturated carbocycles. The standard InChI is InChI=1S/C16H15ClN4O/c1-22-15-5-2-10(6-13(15)18)8-19-16-12-7-11(17)3-4-14(12)20-9-21-16/h2-7,9H,8,18H2,1H3,(H,19,20,21). The van der Waals surface area contributed by atoms with Gasteiger partial charge >= 0.3 is 0 Å². The zero-order valence-electron chi connectivity index (χ0n) is 12.0. The van der Waals surface area contributed by atoms with E-state index >= 15 is 0 Å². The van der Waals surface area contributed by atoms with Crippen LogP contribution in [0.5, 0.6) is 5.75 Å². The number of rotatable bonds is 4. The summed E-state index contributed by atoms with van der Waals surface area (Å²) in [5.74, 6) is 1.41. The van der Waals surface area contributed by atoms with Crippen LogP contribution in [0.25, 0.3) is 10.9 Å². The topological polar surface area (TPSA) is 73.1 Å². The molecule has 0 bridgehead atoms. The van der Waals surface area contributed by atoms with Crippen LogP contribution in [-0.4, -0.2) is 17.1 Å². The second-order valence-corrected chi connectivity index (χ2v) is 5.25. The average molecular weight is 315 g/mol. The summed E-state index contributed by atoms with van der Waals surface area (Å²) in [6.07, 6.45) is 1.53. The highest BCUT2D eigenvalue weighted by Gasteiger charge is 2.05. The summed E-state index contributed by atoms with van der Waals surface area (Å²) in [4.78, 5) is 8.51. The number of methoxy groups -OCH3 is 1. The molecule has 6 heteroatoms. The number of nitrogens with one attached hydrogen (secondary N) is 1. The van der Waals surface area contributed by atoms with Gasteiger partial charge in [0.1, 0.15) is 17.9 Å². The zero-order chi connectivity index (χ0) is 15.5. The minimum atomic E-state index is 0.590. The van der Waals surface area contributed by atoms with Gasteiger partial charge in [-0.05, 0) is 35.9 Å². The Morgan fingerprint density at radius 1 is 1.18 bits per heavy atom. The van der Waals surface area contributed by atoms with Crippen molar-refractivity contribution in [3.8, 4) is 5.75 Å². The molecule has 0 aliphatic rings. The van der Waals surface area contributed by atoms with E-state index in [9.17, 15) is 0 Å². The number of halogens is 1. The van der Waals surface area contributed by atoms with Gasteiger partial charge in [-0.1, -0.05) is 17.7 Å². The number of nitrogens with zero attached hydrogens (tertiary/aromatic N) is 2. The molecular formula is C16H15ClN4O. The van der Waals surface area contributed by atoms with Gasteiger partial charge in [0.05, 0.1) is 18.3 Å². The van der Waals surface area contributed by atoms with Crippen molar-refractivity contribution in [1.29, 1.82) is 0 Å². The number of hydrogen-bond acceptors (Lipinski definition) is 5. The van der Waals surface area contributed by atoms with Crippen molar-refractivity contribution >= 4 is 34.0 Å². The van der Waals surface area contributed by atoms with E-state index in [0.717, 1.165) is 22.3 Å². The van der Waals surface area contributed by atoms with E-state index in [1.807, 2.05) is 36.4 Å². The first kappa shape index (κ1) is 14.4. The van der Waals surface area contributed by atoms with Crippen LogP contribution in [0.1, 0.15) is 5.56 Å². The van der Waals surface area contributed by atoms with Crippen molar-refractivity contribution < 1.29 is 4.74 Å². The maximum Gasteiger partial charge on any atom is 0.141 e. The molecule has 0 aliphatic heterocycles. The zero-order valence-corrected chi connectivity index (χ0v) is 12.8. The summed E-state index contributed by atoms with van der Waals surface area (Å²) >= 11 is 6.05. The summed E-state index contributed by atoms with van der Waals surface area (Å²) in [7, 11) is 1.60. The molecule has 0 atom stereocenters. The lowest BCUT2D eigenvalue weighted by Gasteiger charge is -2.10. The number of aromatic nitrogens is 2. The number of nitrogens with two attached hydrogens (primary N) is 1. The van der Waals surface area contributed by atoms with Crippen LogP contribution < -0.4 is 15.8 Å². The van der Waals surface area contributed by atoms with Crippen LogP contribution in [0.4, 0.5) is 11.5 Å². The largest absolute Gasteiger partial charge is 0.495 e. The first-order chi connectivity index (χ1) is 10.7. The molecule has 0 radical (unpaired) electrons. The number of ether oxygens (including phenoxy) is 1. The maximum absolute atomic E-state index is 6.05. The third-order valence-electron chi connectivity index (χ3n) is 3.35. The highest BCUT2D eigenvalue weighted by atomic mass is 35.5. The molecule has 0 saturated heterocycles. The number of anilines is 2. The fourth-order valence-corrected chi connectivity index (χ4v) is 2.42. The van der Waals surface area contributed by atoms with Crippen LogP contribution in [0.15, 0.2) is 42.7 Å². The molecule has 22 heavy (non-hydrogen) atoms. The van der Waals surface area contributed by atoms with Crippen molar-refractivity contribution in [2.45, 2.75) is 6.54 Å². The van der Waals surface area contributed by atoms with Gasteiger partial charge in [-0.15, -0.1) is 0 Å². The van der Waals surface area contributed by atoms with Gasteiger partial charge in [0, 0.05) is 17.0 Å². The van der Waals surface area contributed by atoms with Gasteiger partial charge in [-0.25, -0.2) is 9.97 Å². The fraction of sp³-hybridized carbons (Fsp3) is 0.125. The highest BCUT2D eigenvalue weighted by molar-refractivity contribution is 6.31. The normalized spacial score (nSPS) is 10.6. The SMILES string of the molecule is COc1ccc(CNc2ncnc3ccc(Cl)cc23)cc1N. The molecule has 2 aromatic carbocycles. The van der Waals surface area contributed by atoms with Crippen LogP contribution in [0.3, 0.4) is 0 Å². The molecule has 0 aliphatic carbocycles. The first-order valence-corrected chi connectivity index (χ1v) is 7.11. The Morgan fingerprint density at radius 2 is 2.05 bits per heavy atom. The molecule has 1 aromatic heterocycles. The van der Waals surface area contributed by atoms with Crippen molar-refractivity contribution in [3.05, 3.63) is 53.3 Å². The van der Waals surface area contributed by atoms with E-state index < -0.39 is 0 Å². The Morgan fingerprint density at radius 3 is 2.82 bits per heavy atom. The Labute approximate surface area is 133 Å². The lowest BCUT2D eigenvalue weighted by molar-refractivity contribution is 0.417. The van der Waals surface area contributed by atoms with E-state index in [1.54, 1.807) is 7.11 Å². The Kier molecular flexibility index (Phi) is 3.98. The van der Waals surface area contributed by atoms with Crippen molar-refractivity contribution in [2.75, 3.05) is 18.2 Å². The van der Waals surface area contributed by atoms with Crippen molar-refractivity contribution in [3.63, 3.8) is 0 Å². The molecule has 0 spiro atoms. The molecule has 3 aromatic rings. The first-order valence-electron chi connectivity index (χ1n) is 6.74. The smallest absolute Gasteiger partial charge is 0.141 e. The van der Waals surface area contributed by atoms with E-state index in [1.165, 1.54) is 6.33 Å². The van der Waals surface area contributed by atoms with E-state index in [-0.39, 0.29) is 0 Å². The second-order valence-electron chi connectivity index (χ2n) is 4.81. The fourth-order valence-electron chi connectivity index (χ4n) is 2.25. The minimum absolute atomic E-state index is 0.590. The second kappa shape index (κ2) is 6.07. The lowest BCUT2D eigenvalue weighted by Crippen LogP contribution is -2.03. The molecule has 5 nitrogen and oxygen atoms in total. The van der Waals surface area contributed by atoms with Gasteiger partial charge in [0.2, 0.25) is 0 Å². The van der Waals surface area contributed by atoms with Crippen LogP contribution >= 0.6 is 11.6 Å².